The molecule has 1 aliphatic carbocycles. The Kier molecular flexibility index (Phi) is 4.20. The Bertz CT molecular complexity index is 759. The van der Waals surface area contributed by atoms with Gasteiger partial charge < -0.3 is 9.64 Å². The van der Waals surface area contributed by atoms with Crippen LogP contribution in [0.25, 0.3) is 0 Å². The third-order valence-corrected chi connectivity index (χ3v) is 5.54. The third-order valence-electron chi connectivity index (χ3n) is 5.29. The molecule has 25 heavy (non-hydrogen) atoms. The molecule has 0 unspecified atom stereocenters. The van der Waals surface area contributed by atoms with Crippen LogP contribution < -0.4 is 4.74 Å². The lowest BCUT2D eigenvalue weighted by molar-refractivity contribution is 0.0590. The van der Waals surface area contributed by atoms with Gasteiger partial charge in [-0.3, -0.25) is 9.89 Å². The van der Waals surface area contributed by atoms with Crippen molar-refractivity contribution in [1.29, 1.82) is 0 Å². The lowest BCUT2D eigenvalue weighted by Gasteiger charge is -2.31. The second-order valence-electron chi connectivity index (χ2n) is 7.29. The maximum atomic E-state index is 12.7. The third kappa shape index (κ3) is 3.52. The van der Waals surface area contributed by atoms with E-state index in [0.717, 1.165) is 37.1 Å². The summed E-state index contributed by atoms with van der Waals surface area (Å²) in [7, 11) is 0. The van der Waals surface area contributed by atoms with Gasteiger partial charge in [0.25, 0.3) is 5.91 Å². The van der Waals surface area contributed by atoms with Gasteiger partial charge in [0.05, 0.1) is 0 Å². The number of amides is 1. The number of nitrogens with zero attached hydrogens (tertiary/aromatic N) is 2. The number of carbonyl (C=O) groups is 1. The number of H-pyrrole nitrogens is 1. The van der Waals surface area contributed by atoms with Crippen LogP contribution in [0.3, 0.4) is 0 Å². The van der Waals surface area contributed by atoms with E-state index in [1.54, 1.807) is 0 Å². The van der Waals surface area contributed by atoms with E-state index in [9.17, 15) is 4.79 Å². The van der Waals surface area contributed by atoms with Gasteiger partial charge in [0, 0.05) is 42.1 Å². The zero-order chi connectivity index (χ0) is 17.4. The fourth-order valence-corrected chi connectivity index (χ4v) is 3.37. The van der Waals surface area contributed by atoms with Crippen LogP contribution in [-0.2, 0) is 5.41 Å². The van der Waals surface area contributed by atoms with Crippen LogP contribution in [0, 0.1) is 0 Å². The number of aromatic amines is 1. The molecule has 132 valence electrons. The fourth-order valence-electron chi connectivity index (χ4n) is 3.24. The van der Waals surface area contributed by atoms with Crippen LogP contribution in [0.2, 0.25) is 5.02 Å². The van der Waals surface area contributed by atoms with Gasteiger partial charge in [0.2, 0.25) is 0 Å². The first-order valence-corrected chi connectivity index (χ1v) is 9.19. The number of piperidine rings is 1. The summed E-state index contributed by atoms with van der Waals surface area (Å²) in [5.74, 6) is 0.834. The average molecular weight is 360 g/mol. The van der Waals surface area contributed by atoms with Crippen LogP contribution in [0.5, 0.6) is 5.75 Å². The number of nitrogens with one attached hydrogen (secondary N) is 1. The molecule has 2 fully saturated rings. The minimum Gasteiger partial charge on any atom is -0.490 e. The first-order chi connectivity index (χ1) is 12.0. The van der Waals surface area contributed by atoms with Gasteiger partial charge in [-0.25, -0.2) is 0 Å². The van der Waals surface area contributed by atoms with Crippen LogP contribution in [0.4, 0.5) is 0 Å². The Labute approximate surface area is 152 Å². The molecule has 1 aromatic heterocycles. The fraction of sp³-hybridized carbons (Fsp3) is 0.474. The van der Waals surface area contributed by atoms with Gasteiger partial charge in [0.1, 0.15) is 17.5 Å². The molecule has 1 saturated heterocycles. The minimum absolute atomic E-state index is 0.0108. The highest BCUT2D eigenvalue weighted by Gasteiger charge is 2.41. The molecule has 0 spiro atoms. The van der Waals surface area contributed by atoms with E-state index >= 15 is 0 Å². The van der Waals surface area contributed by atoms with Crippen molar-refractivity contribution in [1.82, 2.24) is 15.1 Å². The zero-order valence-electron chi connectivity index (χ0n) is 14.3. The number of rotatable bonds is 4. The number of likely N-dealkylation sites (tertiary alicyclic amines) is 1. The summed E-state index contributed by atoms with van der Waals surface area (Å²) in [6, 6.07) is 9.33. The lowest BCUT2D eigenvalue weighted by Crippen LogP contribution is -2.41. The molecule has 2 heterocycles. The molecule has 0 atom stereocenters. The van der Waals surface area contributed by atoms with Crippen molar-refractivity contribution < 1.29 is 9.53 Å². The van der Waals surface area contributed by atoms with E-state index in [4.69, 9.17) is 16.3 Å². The highest BCUT2D eigenvalue weighted by molar-refractivity contribution is 6.30. The van der Waals surface area contributed by atoms with Crippen molar-refractivity contribution in [2.75, 3.05) is 13.1 Å². The zero-order valence-corrected chi connectivity index (χ0v) is 15.1. The second-order valence-corrected chi connectivity index (χ2v) is 7.73. The maximum absolute atomic E-state index is 12.7. The molecular formula is C19H22ClN3O2. The molecule has 1 aromatic carbocycles. The van der Waals surface area contributed by atoms with E-state index < -0.39 is 0 Å². The molecular weight excluding hydrogens is 338 g/mol. The Hall–Kier alpha value is -2.01. The summed E-state index contributed by atoms with van der Waals surface area (Å²) in [6.45, 7) is 3.58. The molecule has 0 bridgehead atoms. The summed E-state index contributed by atoms with van der Waals surface area (Å²) in [6.07, 6.45) is 4.10. The number of ether oxygens (including phenoxy) is 1. The molecule has 1 N–H and O–H groups in total. The highest BCUT2D eigenvalue weighted by Crippen LogP contribution is 2.46. The molecule has 0 radical (unpaired) electrons. The van der Waals surface area contributed by atoms with Gasteiger partial charge >= 0.3 is 0 Å². The van der Waals surface area contributed by atoms with E-state index in [2.05, 4.69) is 17.1 Å². The van der Waals surface area contributed by atoms with Crippen LogP contribution in [-0.4, -0.2) is 40.2 Å². The Morgan fingerprint density at radius 2 is 1.96 bits per heavy atom. The molecule has 2 aromatic rings. The topological polar surface area (TPSA) is 58.2 Å². The first kappa shape index (κ1) is 16.5. The van der Waals surface area contributed by atoms with E-state index in [-0.39, 0.29) is 17.4 Å². The van der Waals surface area contributed by atoms with Crippen molar-refractivity contribution in [2.24, 2.45) is 0 Å². The van der Waals surface area contributed by atoms with Gasteiger partial charge in [-0.1, -0.05) is 18.5 Å². The number of hydrogen-bond acceptors (Lipinski definition) is 3. The van der Waals surface area contributed by atoms with Crippen molar-refractivity contribution in [3.8, 4) is 5.75 Å². The normalized spacial score (nSPS) is 19.7. The molecule has 1 saturated carbocycles. The SMILES string of the molecule is CC1(c2cc(C(=O)N3CCC(Oc4ccc(Cl)cc4)CC3)n[nH]2)CC1. The number of halogens is 1. The summed E-state index contributed by atoms with van der Waals surface area (Å²) >= 11 is 5.89. The molecule has 6 heteroatoms. The molecule has 2 aliphatic rings. The molecule has 1 aliphatic heterocycles. The maximum Gasteiger partial charge on any atom is 0.274 e. The van der Waals surface area contributed by atoms with Gasteiger partial charge in [-0.15, -0.1) is 0 Å². The molecule has 5 nitrogen and oxygen atoms in total. The number of hydrogen-bond donors (Lipinski definition) is 1. The Balaban J connectivity index is 1.32. The predicted octanol–water partition coefficient (Wildman–Crippen LogP) is 3.80. The standard InChI is InChI=1S/C19H22ClN3O2/c1-19(8-9-19)17-12-16(21-22-17)18(24)23-10-6-15(7-11-23)25-14-4-2-13(20)3-5-14/h2-5,12,15H,6-11H2,1H3,(H,21,22). The summed E-state index contributed by atoms with van der Waals surface area (Å²) in [5.41, 5.74) is 1.81. The molecule has 4 rings (SSSR count). The Morgan fingerprint density at radius 1 is 1.28 bits per heavy atom. The number of aromatic nitrogens is 2. The van der Waals surface area contributed by atoms with Gasteiger partial charge in [-0.05, 0) is 43.2 Å². The van der Waals surface area contributed by atoms with Crippen LogP contribution in [0.15, 0.2) is 30.3 Å². The lowest BCUT2D eigenvalue weighted by atomic mass is 10.0. The van der Waals surface area contributed by atoms with E-state index in [0.29, 0.717) is 23.8 Å². The smallest absolute Gasteiger partial charge is 0.274 e. The summed E-state index contributed by atoms with van der Waals surface area (Å²) in [5, 5.41) is 7.97. The largest absolute Gasteiger partial charge is 0.490 e. The average Bonchev–Trinajstić information content (AvgIpc) is 3.18. The minimum atomic E-state index is 0.0108. The number of carbonyl (C=O) groups excluding carboxylic acids is 1. The van der Waals surface area contributed by atoms with E-state index in [1.807, 2.05) is 35.2 Å². The predicted molar refractivity (Wildman–Crippen MR) is 96.2 cm³/mol. The molecule has 1 amide bonds. The quantitative estimate of drug-likeness (QED) is 0.903. The first-order valence-electron chi connectivity index (χ1n) is 8.81. The van der Waals surface area contributed by atoms with Crippen molar-refractivity contribution in [3.05, 3.63) is 46.7 Å². The highest BCUT2D eigenvalue weighted by atomic mass is 35.5. The van der Waals surface area contributed by atoms with Gasteiger partial charge in [0.15, 0.2) is 0 Å². The monoisotopic (exact) mass is 359 g/mol. The summed E-state index contributed by atoms with van der Waals surface area (Å²) < 4.78 is 5.98. The van der Waals surface area contributed by atoms with Crippen molar-refractivity contribution >= 4 is 17.5 Å². The van der Waals surface area contributed by atoms with Crippen molar-refractivity contribution in [2.45, 2.75) is 44.1 Å². The van der Waals surface area contributed by atoms with E-state index in [1.165, 1.54) is 0 Å². The van der Waals surface area contributed by atoms with Crippen LogP contribution in [0.1, 0.15) is 48.8 Å². The second kappa shape index (κ2) is 6.37. The van der Waals surface area contributed by atoms with Crippen LogP contribution >= 0.6 is 11.6 Å². The number of benzene rings is 1. The summed E-state index contributed by atoms with van der Waals surface area (Å²) in [4.78, 5) is 14.5. The Morgan fingerprint density at radius 3 is 2.60 bits per heavy atom. The van der Waals surface area contributed by atoms with Crippen molar-refractivity contribution in [3.63, 3.8) is 0 Å². The van der Waals surface area contributed by atoms with Gasteiger partial charge in [-0.2, -0.15) is 5.10 Å².